The number of amides is 2. The molecule has 1 aliphatic heterocycles. The number of carbonyl (C=O) groups excluding carboxylic acids is 2. The molecule has 0 aliphatic carbocycles. The quantitative estimate of drug-likeness (QED) is 0.616. The monoisotopic (exact) mass is 306 g/mol. The second-order valence-electron chi connectivity index (χ2n) is 4.77. The minimum Gasteiger partial charge on any atom is -0.534 e. The van der Waals surface area contributed by atoms with Gasteiger partial charge in [0.05, 0.1) is 13.1 Å². The SMILES string of the molecule is CCC(=O)N[C@H]1Cc2ccc(OC)c(C(=O)N=O)c2OB1O. The highest BCUT2D eigenvalue weighted by atomic mass is 16.5. The van der Waals surface area contributed by atoms with Crippen LogP contribution in [0.15, 0.2) is 17.3 Å². The summed E-state index contributed by atoms with van der Waals surface area (Å²) in [5.41, 5.74) is 0.439. The Labute approximate surface area is 126 Å². The fourth-order valence-corrected chi connectivity index (χ4v) is 2.29. The lowest BCUT2D eigenvalue weighted by molar-refractivity contribution is -0.121. The van der Waals surface area contributed by atoms with Gasteiger partial charge in [-0.25, -0.2) is 0 Å². The molecule has 0 fully saturated rings. The summed E-state index contributed by atoms with van der Waals surface area (Å²) in [4.78, 5) is 33.7. The number of ether oxygens (including phenoxy) is 1. The molecule has 0 aromatic heterocycles. The van der Waals surface area contributed by atoms with Crippen molar-refractivity contribution in [1.82, 2.24) is 5.32 Å². The van der Waals surface area contributed by atoms with Crippen molar-refractivity contribution in [2.75, 3.05) is 7.11 Å². The first-order valence-corrected chi connectivity index (χ1v) is 6.73. The van der Waals surface area contributed by atoms with Gasteiger partial charge in [0.2, 0.25) is 5.91 Å². The van der Waals surface area contributed by atoms with Crippen molar-refractivity contribution < 1.29 is 24.0 Å². The molecule has 8 nitrogen and oxygen atoms in total. The summed E-state index contributed by atoms with van der Waals surface area (Å²) in [5, 5.41) is 15.0. The van der Waals surface area contributed by atoms with Crippen LogP contribution in [-0.4, -0.2) is 37.0 Å². The number of hydrogen-bond donors (Lipinski definition) is 2. The van der Waals surface area contributed by atoms with Crippen LogP contribution in [0, 0.1) is 4.91 Å². The molecule has 0 unspecified atom stereocenters. The Kier molecular flexibility index (Phi) is 4.76. The molecule has 0 radical (unpaired) electrons. The first-order chi connectivity index (χ1) is 10.5. The van der Waals surface area contributed by atoms with E-state index < -0.39 is 19.0 Å². The van der Waals surface area contributed by atoms with Gasteiger partial charge < -0.3 is 19.7 Å². The number of carbonyl (C=O) groups is 2. The van der Waals surface area contributed by atoms with E-state index in [0.717, 1.165) is 0 Å². The zero-order valence-electron chi connectivity index (χ0n) is 12.2. The smallest absolute Gasteiger partial charge is 0.534 e. The van der Waals surface area contributed by atoms with Crippen LogP contribution in [0.25, 0.3) is 0 Å². The molecule has 1 aromatic rings. The highest BCUT2D eigenvalue weighted by Crippen LogP contribution is 2.36. The average molecular weight is 306 g/mol. The summed E-state index contributed by atoms with van der Waals surface area (Å²) in [6.45, 7) is 1.69. The van der Waals surface area contributed by atoms with Crippen molar-refractivity contribution in [1.29, 1.82) is 0 Å². The highest BCUT2D eigenvalue weighted by Gasteiger charge is 2.38. The Morgan fingerprint density at radius 2 is 2.27 bits per heavy atom. The molecular weight excluding hydrogens is 291 g/mol. The van der Waals surface area contributed by atoms with E-state index in [0.29, 0.717) is 5.56 Å². The summed E-state index contributed by atoms with van der Waals surface area (Å²) in [5.74, 6) is -1.72. The first kappa shape index (κ1) is 16.0. The molecule has 1 aliphatic rings. The van der Waals surface area contributed by atoms with Crippen LogP contribution < -0.4 is 14.7 Å². The zero-order chi connectivity index (χ0) is 16.3. The van der Waals surface area contributed by atoms with Gasteiger partial charge in [0, 0.05) is 11.6 Å². The number of methoxy groups -OCH3 is 1. The van der Waals surface area contributed by atoms with Gasteiger partial charge in [-0.3, -0.25) is 9.59 Å². The summed E-state index contributed by atoms with van der Waals surface area (Å²) >= 11 is 0. The van der Waals surface area contributed by atoms with E-state index in [1.54, 1.807) is 13.0 Å². The van der Waals surface area contributed by atoms with Crippen LogP contribution in [-0.2, 0) is 11.2 Å². The van der Waals surface area contributed by atoms with Crippen LogP contribution >= 0.6 is 0 Å². The second kappa shape index (κ2) is 6.57. The van der Waals surface area contributed by atoms with E-state index in [2.05, 4.69) is 10.5 Å². The third-order valence-corrected chi connectivity index (χ3v) is 3.41. The molecule has 22 heavy (non-hydrogen) atoms. The third kappa shape index (κ3) is 2.94. The predicted molar refractivity (Wildman–Crippen MR) is 77.6 cm³/mol. The topological polar surface area (TPSA) is 114 Å². The molecule has 0 spiro atoms. The molecule has 0 saturated heterocycles. The maximum atomic E-state index is 11.7. The number of benzene rings is 1. The molecule has 2 amide bonds. The van der Waals surface area contributed by atoms with Crippen molar-refractivity contribution in [2.24, 2.45) is 5.18 Å². The van der Waals surface area contributed by atoms with Crippen LogP contribution in [0.1, 0.15) is 29.3 Å². The molecular formula is C13H15BN2O6. The fourth-order valence-electron chi connectivity index (χ4n) is 2.29. The second-order valence-corrected chi connectivity index (χ2v) is 4.77. The number of nitrogens with zero attached hydrogens (tertiary/aromatic N) is 1. The standard InChI is InChI=1S/C13H15BN2O6/c1-3-10(17)15-9-6-7-4-5-8(21-2)11(13(18)16-20)12(7)22-14(9)19/h4-5,9,19H,3,6H2,1-2H3,(H,15,17)/t9-/m0/s1. The summed E-state index contributed by atoms with van der Waals surface area (Å²) in [7, 11) is 0.000589. The summed E-state index contributed by atoms with van der Waals surface area (Å²) in [6.07, 6.45) is 0.531. The zero-order valence-corrected chi connectivity index (χ0v) is 12.2. The van der Waals surface area contributed by atoms with E-state index in [4.69, 9.17) is 9.39 Å². The maximum Gasteiger partial charge on any atom is 0.547 e. The Hall–Kier alpha value is -2.42. The largest absolute Gasteiger partial charge is 0.547 e. The minimum absolute atomic E-state index is 0.0541. The van der Waals surface area contributed by atoms with Crippen LogP contribution in [0.5, 0.6) is 11.5 Å². The molecule has 2 N–H and O–H groups in total. The number of nitroso groups, excluding NO2 is 1. The van der Waals surface area contributed by atoms with Gasteiger partial charge in [0.1, 0.15) is 17.1 Å². The van der Waals surface area contributed by atoms with Gasteiger partial charge >= 0.3 is 13.0 Å². The summed E-state index contributed by atoms with van der Waals surface area (Å²) in [6, 6.07) is 3.16. The maximum absolute atomic E-state index is 11.7. The molecule has 9 heteroatoms. The lowest BCUT2D eigenvalue weighted by Gasteiger charge is -2.29. The molecule has 1 atom stereocenters. The third-order valence-electron chi connectivity index (χ3n) is 3.41. The van der Waals surface area contributed by atoms with Crippen molar-refractivity contribution in [3.05, 3.63) is 28.2 Å². The molecule has 116 valence electrons. The van der Waals surface area contributed by atoms with E-state index in [1.165, 1.54) is 13.2 Å². The van der Waals surface area contributed by atoms with Crippen LogP contribution in [0.4, 0.5) is 0 Å². The first-order valence-electron chi connectivity index (χ1n) is 6.73. The molecule has 0 saturated carbocycles. The molecule has 1 heterocycles. The Morgan fingerprint density at radius 1 is 1.55 bits per heavy atom. The summed E-state index contributed by atoms with van der Waals surface area (Å²) < 4.78 is 10.4. The van der Waals surface area contributed by atoms with Crippen LogP contribution in [0.2, 0.25) is 0 Å². The highest BCUT2D eigenvalue weighted by molar-refractivity contribution is 6.47. The van der Waals surface area contributed by atoms with Crippen molar-refractivity contribution in [3.8, 4) is 11.5 Å². The normalized spacial score (nSPS) is 16.3. The van der Waals surface area contributed by atoms with Crippen molar-refractivity contribution in [2.45, 2.75) is 25.7 Å². The molecule has 1 aromatic carbocycles. The van der Waals surface area contributed by atoms with E-state index in [1.807, 2.05) is 0 Å². The van der Waals surface area contributed by atoms with Gasteiger partial charge in [-0.1, -0.05) is 13.0 Å². The number of hydrogen-bond acceptors (Lipinski definition) is 6. The van der Waals surface area contributed by atoms with Gasteiger partial charge in [0.25, 0.3) is 0 Å². The lowest BCUT2D eigenvalue weighted by Crippen LogP contribution is -2.53. The van der Waals surface area contributed by atoms with Gasteiger partial charge in [-0.05, 0) is 18.1 Å². The van der Waals surface area contributed by atoms with Gasteiger partial charge in [-0.15, -0.1) is 4.91 Å². The number of fused-ring (bicyclic) bond motifs is 1. The van der Waals surface area contributed by atoms with E-state index in [-0.39, 0.29) is 35.8 Å². The van der Waals surface area contributed by atoms with Crippen molar-refractivity contribution >= 4 is 18.9 Å². The number of nitrogens with one attached hydrogen (secondary N) is 1. The Bertz CT molecular complexity index is 621. The lowest BCUT2D eigenvalue weighted by atomic mass is 9.72. The van der Waals surface area contributed by atoms with Crippen LogP contribution in [0.3, 0.4) is 0 Å². The van der Waals surface area contributed by atoms with Crippen molar-refractivity contribution in [3.63, 3.8) is 0 Å². The van der Waals surface area contributed by atoms with E-state index >= 15 is 0 Å². The fraction of sp³-hybridized carbons (Fsp3) is 0.385. The predicted octanol–water partition coefficient (Wildman–Crippen LogP) is 0.451. The minimum atomic E-state index is -1.34. The van der Waals surface area contributed by atoms with Gasteiger partial charge in [0.15, 0.2) is 0 Å². The molecule has 2 rings (SSSR count). The Morgan fingerprint density at radius 3 is 2.86 bits per heavy atom. The number of rotatable bonds is 4. The molecule has 0 bridgehead atoms. The average Bonchev–Trinajstić information content (AvgIpc) is 2.53. The Balaban J connectivity index is 2.40. The van der Waals surface area contributed by atoms with E-state index in [9.17, 15) is 19.5 Å². The van der Waals surface area contributed by atoms with Gasteiger partial charge in [-0.2, -0.15) is 0 Å².